The summed E-state index contributed by atoms with van der Waals surface area (Å²) in [5.74, 6) is -2.48. The summed E-state index contributed by atoms with van der Waals surface area (Å²) in [6.45, 7) is 0. The van der Waals surface area contributed by atoms with Crippen molar-refractivity contribution in [3.63, 3.8) is 0 Å². The van der Waals surface area contributed by atoms with Crippen molar-refractivity contribution in [2.45, 2.75) is 9.75 Å². The molecule has 3 aromatic carbocycles. The van der Waals surface area contributed by atoms with Crippen LogP contribution < -0.4 is 4.90 Å². The largest absolute Gasteiger partial charge is 0.274 e. The van der Waals surface area contributed by atoms with Crippen LogP contribution in [0.2, 0.25) is 10.0 Å². The number of hydrogen-bond acceptors (Lipinski definition) is 2. The maximum absolute atomic E-state index is 13.8. The normalized spacial score (nSPS) is 30.3. The number of nitrogens with zero attached hydrogens (tertiary/aromatic N) is 1. The second-order valence-electron chi connectivity index (χ2n) is 8.08. The van der Waals surface area contributed by atoms with Crippen LogP contribution in [0.25, 0.3) is 0 Å². The lowest BCUT2D eigenvalue weighted by atomic mass is 9.54. The summed E-state index contributed by atoms with van der Waals surface area (Å²) in [5.41, 5.74) is 3.42. The summed E-state index contributed by atoms with van der Waals surface area (Å²) in [4.78, 5) is 26.3. The highest BCUT2D eigenvalue weighted by molar-refractivity contribution is 6.43. The molecule has 7 rings (SSSR count). The third-order valence-corrected chi connectivity index (χ3v) is 8.77. The number of amides is 2. The fourth-order valence-corrected chi connectivity index (χ4v) is 6.94. The van der Waals surface area contributed by atoms with E-state index in [2.05, 4.69) is 0 Å². The van der Waals surface area contributed by atoms with Gasteiger partial charge in [-0.15, -0.1) is 23.2 Å². The van der Waals surface area contributed by atoms with Crippen LogP contribution in [-0.2, 0) is 19.3 Å². The molecule has 31 heavy (non-hydrogen) atoms. The molecule has 0 aromatic heterocycles. The van der Waals surface area contributed by atoms with Gasteiger partial charge in [-0.1, -0.05) is 71.7 Å². The first-order valence-corrected chi connectivity index (χ1v) is 11.2. The van der Waals surface area contributed by atoms with Crippen molar-refractivity contribution in [3.8, 4) is 0 Å². The van der Waals surface area contributed by atoms with Crippen molar-refractivity contribution < 1.29 is 9.59 Å². The third kappa shape index (κ3) is 2.18. The number of alkyl halides is 2. The van der Waals surface area contributed by atoms with Crippen LogP contribution >= 0.6 is 46.4 Å². The quantitative estimate of drug-likeness (QED) is 0.307. The van der Waals surface area contributed by atoms with Crippen LogP contribution in [0.5, 0.6) is 0 Å². The van der Waals surface area contributed by atoms with E-state index in [-0.39, 0.29) is 5.02 Å². The zero-order valence-electron chi connectivity index (χ0n) is 15.8. The zero-order valence-corrected chi connectivity index (χ0v) is 18.8. The van der Waals surface area contributed by atoms with Gasteiger partial charge in [-0.25, -0.2) is 4.90 Å². The second-order valence-corrected chi connectivity index (χ2v) is 10.1. The number of halogens is 4. The number of rotatable bonds is 1. The smallest absolute Gasteiger partial charge is 0.240 e. The van der Waals surface area contributed by atoms with Crippen molar-refractivity contribution >= 4 is 63.9 Å². The van der Waals surface area contributed by atoms with E-state index in [1.54, 1.807) is 12.1 Å². The summed E-state index contributed by atoms with van der Waals surface area (Å²) < 4.78 is 0. The maximum atomic E-state index is 13.8. The summed E-state index contributed by atoms with van der Waals surface area (Å²) >= 11 is 27.0. The molecule has 0 spiro atoms. The van der Waals surface area contributed by atoms with Crippen LogP contribution in [0.1, 0.15) is 22.3 Å². The van der Waals surface area contributed by atoms with Gasteiger partial charge in [0.05, 0.1) is 27.6 Å². The molecule has 1 aliphatic heterocycles. The SMILES string of the molecule is O=C1[C@H]2[C@H](C(=O)N1c1ccc(Cl)c(Cl)c1)C1(Cl)c3ccccc3C2(Cl)c2ccccc21. The minimum atomic E-state index is -1.20. The van der Waals surface area contributed by atoms with E-state index in [9.17, 15) is 9.59 Å². The Hall–Kier alpha value is -2.04. The van der Waals surface area contributed by atoms with Crippen molar-refractivity contribution in [1.82, 2.24) is 0 Å². The minimum absolute atomic E-state index is 0.255. The number of benzene rings is 3. The van der Waals surface area contributed by atoms with E-state index in [1.165, 1.54) is 6.07 Å². The molecule has 0 radical (unpaired) electrons. The molecule has 3 aromatic rings. The Bertz CT molecular complexity index is 1200. The molecular weight excluding hydrogens is 476 g/mol. The Kier molecular flexibility index (Phi) is 3.97. The highest BCUT2D eigenvalue weighted by atomic mass is 35.5. The number of carbonyl (C=O) groups excluding carboxylic acids is 2. The van der Waals surface area contributed by atoms with Crippen molar-refractivity contribution in [1.29, 1.82) is 0 Å². The number of carbonyl (C=O) groups is 2. The van der Waals surface area contributed by atoms with E-state index in [1.807, 2.05) is 48.5 Å². The molecular formula is C24H13Cl4NO2. The van der Waals surface area contributed by atoms with Gasteiger partial charge in [0.25, 0.3) is 0 Å². The van der Waals surface area contributed by atoms with Crippen LogP contribution in [0.3, 0.4) is 0 Å². The number of imide groups is 1. The van der Waals surface area contributed by atoms with E-state index < -0.39 is 33.4 Å². The Balaban J connectivity index is 1.65. The highest BCUT2D eigenvalue weighted by Crippen LogP contribution is 2.69. The predicted octanol–water partition coefficient (Wildman–Crippen LogP) is 6.09. The van der Waals surface area contributed by atoms with Crippen LogP contribution in [0, 0.1) is 11.8 Å². The zero-order chi connectivity index (χ0) is 21.7. The molecule has 0 N–H and O–H groups in total. The van der Waals surface area contributed by atoms with Crippen LogP contribution in [-0.4, -0.2) is 11.8 Å². The molecule has 2 amide bonds. The van der Waals surface area contributed by atoms with Gasteiger partial charge >= 0.3 is 0 Å². The van der Waals surface area contributed by atoms with Crippen molar-refractivity contribution in [2.24, 2.45) is 11.8 Å². The lowest BCUT2D eigenvalue weighted by molar-refractivity contribution is -0.122. The van der Waals surface area contributed by atoms with E-state index in [0.29, 0.717) is 10.7 Å². The summed E-state index contributed by atoms with van der Waals surface area (Å²) in [6.07, 6.45) is 0. The number of anilines is 1. The third-order valence-electron chi connectivity index (χ3n) is 6.75. The molecule has 154 valence electrons. The topological polar surface area (TPSA) is 37.4 Å². The molecule has 2 bridgehead atoms. The average Bonchev–Trinajstić information content (AvgIpc) is 3.05. The molecule has 2 atom stereocenters. The molecule has 7 heteroatoms. The van der Waals surface area contributed by atoms with Gasteiger partial charge in [-0.05, 0) is 40.5 Å². The molecule has 3 aliphatic carbocycles. The molecule has 1 fully saturated rings. The second kappa shape index (κ2) is 6.26. The van der Waals surface area contributed by atoms with E-state index in [0.717, 1.165) is 27.2 Å². The molecule has 3 nitrogen and oxygen atoms in total. The van der Waals surface area contributed by atoms with Gasteiger partial charge in [-0.3, -0.25) is 9.59 Å². The number of hydrogen-bond donors (Lipinski definition) is 0. The first-order valence-electron chi connectivity index (χ1n) is 9.72. The predicted molar refractivity (Wildman–Crippen MR) is 122 cm³/mol. The molecule has 0 unspecified atom stereocenters. The van der Waals surface area contributed by atoms with E-state index >= 15 is 0 Å². The first kappa shape index (κ1) is 19.6. The Morgan fingerprint density at radius 2 is 1.06 bits per heavy atom. The van der Waals surface area contributed by atoms with Gasteiger partial charge in [-0.2, -0.15) is 0 Å². The first-order chi connectivity index (χ1) is 14.8. The molecule has 4 aliphatic rings. The van der Waals surface area contributed by atoms with Crippen molar-refractivity contribution in [2.75, 3.05) is 4.90 Å². The summed E-state index contributed by atoms with van der Waals surface area (Å²) in [5, 5.41) is 0.592. The Morgan fingerprint density at radius 1 is 0.645 bits per heavy atom. The standard InChI is InChI=1S/C24H13Cl4NO2/c25-17-10-9-12(11-18(17)26)29-21(30)19-20(22(29)31)24(28)14-6-2-1-5-13(14)23(19,27)15-7-3-4-8-16(15)24/h1-11,19-20H/t19-,20-,23?,24?/m1/s1. The fraction of sp³-hybridized carbons (Fsp3) is 0.167. The maximum Gasteiger partial charge on any atom is 0.240 e. The van der Waals surface area contributed by atoms with E-state index in [4.69, 9.17) is 46.4 Å². The van der Waals surface area contributed by atoms with Gasteiger partial charge in [0.1, 0.15) is 9.75 Å². The lowest BCUT2D eigenvalue weighted by Crippen LogP contribution is -2.57. The molecule has 0 saturated carbocycles. The minimum Gasteiger partial charge on any atom is -0.274 e. The molecule has 1 saturated heterocycles. The van der Waals surface area contributed by atoms with Crippen LogP contribution in [0.15, 0.2) is 66.7 Å². The van der Waals surface area contributed by atoms with Crippen molar-refractivity contribution in [3.05, 3.63) is 99.0 Å². The lowest BCUT2D eigenvalue weighted by Gasteiger charge is -2.54. The Morgan fingerprint density at radius 3 is 1.45 bits per heavy atom. The van der Waals surface area contributed by atoms with Crippen LogP contribution in [0.4, 0.5) is 5.69 Å². The fourth-order valence-electron chi connectivity index (χ4n) is 5.55. The summed E-state index contributed by atoms with van der Waals surface area (Å²) in [6, 6.07) is 19.8. The van der Waals surface area contributed by atoms with Gasteiger partial charge in [0.2, 0.25) is 11.8 Å². The Labute approximate surface area is 198 Å². The van der Waals surface area contributed by atoms with Gasteiger partial charge in [0, 0.05) is 0 Å². The summed E-state index contributed by atoms with van der Waals surface area (Å²) in [7, 11) is 0. The highest BCUT2D eigenvalue weighted by Gasteiger charge is 2.73. The van der Waals surface area contributed by atoms with Gasteiger partial charge < -0.3 is 0 Å². The monoisotopic (exact) mass is 487 g/mol. The molecule has 1 heterocycles. The van der Waals surface area contributed by atoms with Gasteiger partial charge in [0.15, 0.2) is 0 Å². The average molecular weight is 489 g/mol.